The molecular formula is C10H6F4N3O-. The van der Waals surface area contributed by atoms with Crippen LogP contribution in [-0.4, -0.2) is 11.7 Å². The number of nitrogens with two attached hydrogens (primary N) is 1. The molecule has 1 aromatic carbocycles. The summed E-state index contributed by atoms with van der Waals surface area (Å²) in [6, 6.07) is 0. The maximum Gasteiger partial charge on any atom is 0.198 e. The predicted octanol–water partition coefficient (Wildman–Crippen LogP) is 0.739. The summed E-state index contributed by atoms with van der Waals surface area (Å²) in [5.41, 5.74) is 3.55. The molecule has 0 radical (unpaired) electrons. The molecule has 0 amide bonds. The van der Waals surface area contributed by atoms with Crippen molar-refractivity contribution < 1.29 is 22.7 Å². The molecule has 0 aliphatic carbocycles. The first-order chi connectivity index (χ1) is 8.34. The van der Waals surface area contributed by atoms with E-state index in [1.165, 1.54) is 6.92 Å². The van der Waals surface area contributed by atoms with Gasteiger partial charge in [0.2, 0.25) is 0 Å². The molecule has 18 heavy (non-hydrogen) atoms. The van der Waals surface area contributed by atoms with Gasteiger partial charge < -0.3 is 10.8 Å². The molecule has 0 aromatic heterocycles. The van der Waals surface area contributed by atoms with Gasteiger partial charge in [-0.2, -0.15) is 0 Å². The number of fused-ring (bicyclic) bond motifs is 1. The van der Waals surface area contributed by atoms with Crippen LogP contribution < -0.4 is 10.8 Å². The van der Waals surface area contributed by atoms with Crippen molar-refractivity contribution in [1.82, 2.24) is 0 Å². The number of aliphatic imine (C=N–C) groups is 2. The Balaban J connectivity index is 2.76. The van der Waals surface area contributed by atoms with Crippen LogP contribution in [-0.2, 0) is 0 Å². The molecule has 0 spiro atoms. The van der Waals surface area contributed by atoms with E-state index >= 15 is 0 Å². The van der Waals surface area contributed by atoms with E-state index in [0.717, 1.165) is 0 Å². The Morgan fingerprint density at radius 2 is 1.72 bits per heavy atom. The highest BCUT2D eigenvalue weighted by Crippen LogP contribution is 2.35. The Morgan fingerprint density at radius 3 is 2.28 bits per heavy atom. The molecule has 1 aromatic rings. The summed E-state index contributed by atoms with van der Waals surface area (Å²) in [4.78, 5) is 6.83. The van der Waals surface area contributed by atoms with Crippen molar-refractivity contribution in [3.63, 3.8) is 0 Å². The van der Waals surface area contributed by atoms with Crippen molar-refractivity contribution in [2.24, 2.45) is 15.7 Å². The van der Waals surface area contributed by atoms with E-state index in [4.69, 9.17) is 5.73 Å². The van der Waals surface area contributed by atoms with E-state index in [1.54, 1.807) is 0 Å². The highest BCUT2D eigenvalue weighted by Gasteiger charge is 2.33. The minimum absolute atomic E-state index is 0.0612. The van der Waals surface area contributed by atoms with Crippen LogP contribution in [0.5, 0.6) is 0 Å². The molecular weight excluding hydrogens is 254 g/mol. The summed E-state index contributed by atoms with van der Waals surface area (Å²) in [5, 5.41) is 11.3. The molecule has 2 rings (SSSR count). The van der Waals surface area contributed by atoms with E-state index in [-0.39, 0.29) is 5.84 Å². The first-order valence-corrected chi connectivity index (χ1v) is 4.75. The highest BCUT2D eigenvalue weighted by molar-refractivity contribution is 5.96. The molecule has 8 heteroatoms. The molecule has 0 saturated carbocycles. The van der Waals surface area contributed by atoms with Crippen LogP contribution in [0, 0.1) is 23.3 Å². The number of hydrogen-bond acceptors (Lipinski definition) is 3. The highest BCUT2D eigenvalue weighted by atomic mass is 19.2. The van der Waals surface area contributed by atoms with Crippen molar-refractivity contribution in [3.8, 4) is 0 Å². The number of rotatable bonds is 1. The fourth-order valence-corrected chi connectivity index (χ4v) is 1.63. The van der Waals surface area contributed by atoms with Crippen LogP contribution >= 0.6 is 0 Å². The molecule has 1 heterocycles. The second-order valence-electron chi connectivity index (χ2n) is 3.62. The van der Waals surface area contributed by atoms with E-state index < -0.39 is 46.5 Å². The van der Waals surface area contributed by atoms with Gasteiger partial charge in [-0.15, -0.1) is 0 Å². The molecule has 0 bridgehead atoms. The standard InChI is InChI=1S/C10H7F4N3O/c1-2(15)16-9-3-4(10(18)17-9)6(12)8(14)7(13)5(3)11/h9H,1H3,(H2,15,16)(H,17,18)/p-1. The van der Waals surface area contributed by atoms with Crippen LogP contribution in [0.3, 0.4) is 0 Å². The topological polar surface area (TPSA) is 73.8 Å². The number of hydrogen-bond donors (Lipinski definition) is 1. The van der Waals surface area contributed by atoms with Gasteiger partial charge in [0, 0.05) is 11.1 Å². The zero-order chi connectivity index (χ0) is 13.6. The van der Waals surface area contributed by atoms with Crippen LogP contribution in [0.4, 0.5) is 17.6 Å². The summed E-state index contributed by atoms with van der Waals surface area (Å²) < 4.78 is 52.9. The van der Waals surface area contributed by atoms with E-state index in [1.807, 2.05) is 0 Å². The first-order valence-electron chi connectivity index (χ1n) is 4.75. The third-order valence-electron chi connectivity index (χ3n) is 2.34. The second-order valence-corrected chi connectivity index (χ2v) is 3.62. The van der Waals surface area contributed by atoms with Crippen LogP contribution in [0.2, 0.25) is 0 Å². The average molecular weight is 260 g/mol. The largest absolute Gasteiger partial charge is 0.858 e. The van der Waals surface area contributed by atoms with Gasteiger partial charge in [-0.25, -0.2) is 22.6 Å². The molecule has 1 aliphatic rings. The van der Waals surface area contributed by atoms with E-state index in [0.29, 0.717) is 0 Å². The van der Waals surface area contributed by atoms with E-state index in [2.05, 4.69) is 9.98 Å². The Bertz CT molecular complexity index is 594. The second kappa shape index (κ2) is 3.97. The molecule has 1 aliphatic heterocycles. The summed E-state index contributed by atoms with van der Waals surface area (Å²) >= 11 is 0. The Morgan fingerprint density at radius 1 is 1.17 bits per heavy atom. The monoisotopic (exact) mass is 260 g/mol. The van der Waals surface area contributed by atoms with Crippen molar-refractivity contribution in [2.75, 3.05) is 0 Å². The SMILES string of the molecule is CC(N)=NC1N=C([O-])c2c(F)c(F)c(F)c(F)c21. The molecule has 0 fully saturated rings. The molecule has 0 saturated heterocycles. The van der Waals surface area contributed by atoms with Gasteiger partial charge in [0.25, 0.3) is 0 Å². The average Bonchev–Trinajstić information content (AvgIpc) is 2.59. The lowest BCUT2D eigenvalue weighted by molar-refractivity contribution is -0.213. The molecule has 1 atom stereocenters. The summed E-state index contributed by atoms with van der Waals surface area (Å²) in [6.45, 7) is 1.33. The van der Waals surface area contributed by atoms with Crippen molar-refractivity contribution in [3.05, 3.63) is 34.4 Å². The van der Waals surface area contributed by atoms with Gasteiger partial charge in [-0.3, -0.25) is 4.99 Å². The van der Waals surface area contributed by atoms with Crippen LogP contribution in [0.1, 0.15) is 24.2 Å². The van der Waals surface area contributed by atoms with Crippen LogP contribution in [0.25, 0.3) is 0 Å². The van der Waals surface area contributed by atoms with Gasteiger partial charge >= 0.3 is 0 Å². The number of benzene rings is 1. The normalized spacial score (nSPS) is 18.8. The van der Waals surface area contributed by atoms with Crippen molar-refractivity contribution >= 4 is 11.7 Å². The van der Waals surface area contributed by atoms with Gasteiger partial charge in [0.1, 0.15) is 0 Å². The van der Waals surface area contributed by atoms with Gasteiger partial charge in [-0.05, 0) is 12.8 Å². The lowest BCUT2D eigenvalue weighted by Crippen LogP contribution is -2.20. The zero-order valence-electron chi connectivity index (χ0n) is 8.97. The smallest absolute Gasteiger partial charge is 0.198 e. The number of amidine groups is 1. The fourth-order valence-electron chi connectivity index (χ4n) is 1.63. The molecule has 2 N–H and O–H groups in total. The van der Waals surface area contributed by atoms with Crippen molar-refractivity contribution in [1.29, 1.82) is 0 Å². The van der Waals surface area contributed by atoms with E-state index in [9.17, 15) is 22.7 Å². The minimum Gasteiger partial charge on any atom is -0.858 e. The van der Waals surface area contributed by atoms with Gasteiger partial charge in [-0.1, -0.05) is 0 Å². The Hall–Kier alpha value is -2.12. The lowest BCUT2D eigenvalue weighted by atomic mass is 10.1. The quantitative estimate of drug-likeness (QED) is 0.266. The first kappa shape index (κ1) is 12.3. The summed E-state index contributed by atoms with van der Waals surface area (Å²) in [7, 11) is 0. The third-order valence-corrected chi connectivity index (χ3v) is 2.34. The predicted molar refractivity (Wildman–Crippen MR) is 52.8 cm³/mol. The fraction of sp³-hybridized carbons (Fsp3) is 0.200. The Labute approximate surface area is 98.5 Å². The molecule has 96 valence electrons. The number of halogens is 4. The maximum absolute atomic E-state index is 13.5. The molecule has 4 nitrogen and oxygen atoms in total. The Kier molecular flexibility index (Phi) is 2.72. The third kappa shape index (κ3) is 1.60. The van der Waals surface area contributed by atoms with Gasteiger partial charge in [0.05, 0.1) is 5.84 Å². The van der Waals surface area contributed by atoms with Crippen molar-refractivity contribution in [2.45, 2.75) is 13.1 Å². The summed E-state index contributed by atoms with van der Waals surface area (Å²) in [5.74, 6) is -8.78. The molecule has 1 unspecified atom stereocenters. The summed E-state index contributed by atoms with van der Waals surface area (Å²) in [6.07, 6.45) is -1.48. The maximum atomic E-state index is 13.5. The minimum atomic E-state index is -2.05. The van der Waals surface area contributed by atoms with Crippen LogP contribution in [0.15, 0.2) is 9.98 Å². The lowest BCUT2D eigenvalue weighted by Gasteiger charge is -2.11. The van der Waals surface area contributed by atoms with Gasteiger partial charge in [0.15, 0.2) is 29.4 Å². The zero-order valence-corrected chi connectivity index (χ0v) is 8.97. The number of nitrogens with zero attached hydrogens (tertiary/aromatic N) is 2.